The maximum atomic E-state index is 6.24. The van der Waals surface area contributed by atoms with E-state index < -0.39 is 0 Å². The topological polar surface area (TPSA) is 171 Å². The minimum absolute atomic E-state index is 0.666. The van der Waals surface area contributed by atoms with Gasteiger partial charge in [-0.15, -0.1) is 0 Å². The minimum atomic E-state index is 0.666. The standard InChI is InChI=1S/4C21H16N3O/c1-13-8-9-15-16-12-14-6-3-4-7-17(14)23-21(16)25-19(15)18(13)20-22-10-5-11-24(20)2;1-13-9-10-15-16-12-14-6-3-4-7-17(14)23-21(16)25-20(15)19(13)18-8-5-11-22-24(18)2;1-13-7-8-15-16-11-14-5-3-4-6-17(14)23-21(16)25-20(15)19(13)18-12-22-9-10-24(18)2;1-13-7-8-15-16-11-14-5-3-4-6-17(14)23-21(16)25-20(15)19(13)18-9-10-22-12-24(18)2/h4*3-12H,1-2H3/q4*+1. The van der Waals surface area contributed by atoms with Crippen LogP contribution < -0.4 is 18.4 Å². The summed E-state index contributed by atoms with van der Waals surface area (Å²) in [5.41, 5.74) is 21.9. The Morgan fingerprint density at radius 2 is 0.720 bits per heavy atom. The molecule has 0 atom stereocenters. The van der Waals surface area contributed by atoms with Crippen LogP contribution in [0.15, 0.2) is 261 Å². The van der Waals surface area contributed by atoms with Gasteiger partial charge in [-0.3, -0.25) is 4.98 Å². The van der Waals surface area contributed by atoms with Gasteiger partial charge >= 0.3 is 5.82 Å². The van der Waals surface area contributed by atoms with Gasteiger partial charge in [-0.05, 0) is 115 Å². The Bertz CT molecular complexity index is 5890. The van der Waals surface area contributed by atoms with Crippen molar-refractivity contribution in [3.63, 3.8) is 0 Å². The quantitative estimate of drug-likeness (QED) is 0.153. The fourth-order valence-electron chi connectivity index (χ4n) is 13.8. The molecular weight excluding hydrogens is 1240 g/mol. The maximum Gasteiger partial charge on any atom is 0.334 e. The van der Waals surface area contributed by atoms with Crippen LogP contribution in [-0.4, -0.2) is 40.0 Å². The molecule has 100 heavy (non-hydrogen) atoms. The average Bonchev–Trinajstić information content (AvgIpc) is 1.60. The van der Waals surface area contributed by atoms with Crippen LogP contribution in [0.2, 0.25) is 0 Å². The molecule has 16 nitrogen and oxygen atoms in total. The molecule has 0 aliphatic rings. The van der Waals surface area contributed by atoms with E-state index in [0.717, 1.165) is 176 Å². The minimum Gasteiger partial charge on any atom is -0.437 e. The van der Waals surface area contributed by atoms with E-state index in [1.54, 1.807) is 12.4 Å². The summed E-state index contributed by atoms with van der Waals surface area (Å²) in [5.74, 6) is 0.884. The Labute approximate surface area is 572 Å². The first-order valence-electron chi connectivity index (χ1n) is 33.0. The van der Waals surface area contributed by atoms with E-state index in [2.05, 4.69) is 155 Å². The number of para-hydroxylation sites is 4. The summed E-state index contributed by atoms with van der Waals surface area (Å²) in [6, 6.07) is 66.0. The molecular formula is C84H64N12O4+4. The van der Waals surface area contributed by atoms with Crippen molar-refractivity contribution in [2.45, 2.75) is 27.7 Å². The van der Waals surface area contributed by atoms with Crippen LogP contribution in [0.1, 0.15) is 22.3 Å². The van der Waals surface area contributed by atoms with Gasteiger partial charge in [0.2, 0.25) is 34.2 Å². The highest BCUT2D eigenvalue weighted by Gasteiger charge is 2.26. The highest BCUT2D eigenvalue weighted by molar-refractivity contribution is 6.15. The summed E-state index contributed by atoms with van der Waals surface area (Å²) in [6.45, 7) is 8.38. The molecule has 0 unspecified atom stereocenters. The van der Waals surface area contributed by atoms with E-state index in [-0.39, 0.29) is 0 Å². The molecule has 12 aromatic heterocycles. The summed E-state index contributed by atoms with van der Waals surface area (Å²) >= 11 is 0. The molecule has 0 aliphatic heterocycles. The van der Waals surface area contributed by atoms with Crippen molar-refractivity contribution in [2.75, 3.05) is 0 Å². The van der Waals surface area contributed by atoms with Crippen molar-refractivity contribution in [2.24, 2.45) is 28.2 Å². The number of nitrogens with zero attached hydrogens (tertiary/aromatic N) is 12. The Morgan fingerprint density at radius 3 is 1.14 bits per heavy atom. The molecule has 16 heteroatoms. The molecule has 12 heterocycles. The van der Waals surface area contributed by atoms with Crippen molar-refractivity contribution in [1.29, 1.82) is 0 Å². The third-order valence-electron chi connectivity index (χ3n) is 18.9. The lowest BCUT2D eigenvalue weighted by Gasteiger charge is -2.06. The lowest BCUT2D eigenvalue weighted by Crippen LogP contribution is -2.35. The van der Waals surface area contributed by atoms with Gasteiger partial charge in [-0.25, -0.2) is 29.1 Å². The summed E-state index contributed by atoms with van der Waals surface area (Å²) < 4.78 is 32.9. The number of rotatable bonds is 4. The van der Waals surface area contributed by atoms with Gasteiger partial charge in [0.25, 0.3) is 6.33 Å². The molecule has 0 saturated carbocycles. The lowest BCUT2D eigenvalue weighted by molar-refractivity contribution is -0.720. The van der Waals surface area contributed by atoms with Gasteiger partial charge in [-0.2, -0.15) is 4.57 Å². The maximum absolute atomic E-state index is 6.24. The van der Waals surface area contributed by atoms with Gasteiger partial charge in [0.05, 0.1) is 77.6 Å². The van der Waals surface area contributed by atoms with Crippen LogP contribution >= 0.6 is 0 Å². The molecule has 0 radical (unpaired) electrons. The van der Waals surface area contributed by atoms with Crippen molar-refractivity contribution >= 4 is 132 Å². The first kappa shape index (κ1) is 60.6. The van der Waals surface area contributed by atoms with E-state index in [1.165, 1.54) is 0 Å². The number of aromatic nitrogens is 12. The van der Waals surface area contributed by atoms with Gasteiger partial charge in [0.1, 0.15) is 36.3 Å². The van der Waals surface area contributed by atoms with E-state index in [0.29, 0.717) is 22.9 Å². The second-order valence-electron chi connectivity index (χ2n) is 25.3. The molecule has 0 saturated heterocycles. The second kappa shape index (κ2) is 24.5. The first-order chi connectivity index (χ1) is 48.9. The van der Waals surface area contributed by atoms with Gasteiger partial charge in [0, 0.05) is 82.8 Å². The zero-order valence-corrected chi connectivity index (χ0v) is 56.1. The van der Waals surface area contributed by atoms with E-state index in [1.807, 2.05) is 170 Å². The normalized spacial score (nSPS) is 11.6. The molecule has 0 spiro atoms. The van der Waals surface area contributed by atoms with Crippen LogP contribution in [0.4, 0.5) is 0 Å². The number of aryl methyl sites for hydroxylation is 8. The predicted molar refractivity (Wildman–Crippen MR) is 393 cm³/mol. The zero-order chi connectivity index (χ0) is 67.9. The number of fused-ring (bicyclic) bond motifs is 16. The summed E-state index contributed by atoms with van der Waals surface area (Å²) in [4.78, 5) is 31.9. The van der Waals surface area contributed by atoms with Crippen molar-refractivity contribution in [3.8, 4) is 45.2 Å². The predicted octanol–water partition coefficient (Wildman–Crippen LogP) is 17.3. The lowest BCUT2D eigenvalue weighted by atomic mass is 10.0. The third-order valence-corrected chi connectivity index (χ3v) is 18.9. The average molecular weight is 1310 g/mol. The third kappa shape index (κ3) is 10.5. The monoisotopic (exact) mass is 1300 g/mol. The van der Waals surface area contributed by atoms with Gasteiger partial charge in [0.15, 0.2) is 30.0 Å². The molecule has 0 aliphatic carbocycles. The first-order valence-corrected chi connectivity index (χ1v) is 33.0. The van der Waals surface area contributed by atoms with E-state index in [9.17, 15) is 0 Å². The Morgan fingerprint density at radius 1 is 0.310 bits per heavy atom. The van der Waals surface area contributed by atoms with Crippen LogP contribution in [0.3, 0.4) is 0 Å². The van der Waals surface area contributed by atoms with Gasteiger partial charge in [-0.1, -0.05) is 131 Å². The summed E-state index contributed by atoms with van der Waals surface area (Å²) in [5, 5.41) is 17.3. The van der Waals surface area contributed by atoms with E-state index >= 15 is 0 Å². The summed E-state index contributed by atoms with van der Waals surface area (Å²) in [7, 11) is 7.96. The highest BCUT2D eigenvalue weighted by atomic mass is 16.4. The number of benzene rings is 8. The van der Waals surface area contributed by atoms with Crippen molar-refractivity contribution < 1.29 is 36.1 Å². The fourth-order valence-corrected chi connectivity index (χ4v) is 13.8. The number of hydrogen-bond acceptors (Lipinski definition) is 12. The van der Waals surface area contributed by atoms with Gasteiger partial charge < -0.3 is 17.7 Å². The molecule has 0 fully saturated rings. The molecule has 20 rings (SSSR count). The highest BCUT2D eigenvalue weighted by Crippen LogP contribution is 2.42. The Balaban J connectivity index is 0.0000000997. The van der Waals surface area contributed by atoms with Crippen molar-refractivity contribution in [3.05, 3.63) is 266 Å². The number of pyridine rings is 4. The largest absolute Gasteiger partial charge is 0.437 e. The SMILES string of the molecule is Cc1ccc2c(oc3nc4ccccc4cc32)c1-c1cccn[n+]1C.Cc1ccc2c(oc3nc4ccccc4cc32)c1-c1ccnc[n+]1C.Cc1ccc2c(oc3nc4ccccc4cc32)c1-c1cncc[n+]1C.Cc1ccc2c(oc3nc4ccccc4cc32)c1-c1nccc[n+]1C. The molecule has 0 N–H and O–H groups in total. The van der Waals surface area contributed by atoms with Crippen LogP contribution in [0.5, 0.6) is 0 Å². The Kier molecular flexibility index (Phi) is 14.9. The summed E-state index contributed by atoms with van der Waals surface area (Å²) in [6.07, 6.45) is 14.8. The number of furan rings is 4. The molecule has 20 aromatic rings. The van der Waals surface area contributed by atoms with Crippen molar-refractivity contribution in [1.82, 2.24) is 40.0 Å². The van der Waals surface area contributed by atoms with Crippen LogP contribution in [0.25, 0.3) is 177 Å². The molecule has 8 aromatic carbocycles. The molecule has 0 amide bonds. The fraction of sp³-hybridized carbons (Fsp3) is 0.0952. The van der Waals surface area contributed by atoms with E-state index in [4.69, 9.17) is 37.6 Å². The molecule has 0 bridgehead atoms. The second-order valence-corrected chi connectivity index (χ2v) is 25.3. The molecule has 480 valence electrons. The number of hydrogen-bond donors (Lipinski definition) is 0. The zero-order valence-electron chi connectivity index (χ0n) is 56.1. The van der Waals surface area contributed by atoms with Crippen LogP contribution in [-0.2, 0) is 28.2 Å². The van der Waals surface area contributed by atoms with Crippen LogP contribution in [0, 0.1) is 27.7 Å². The smallest absolute Gasteiger partial charge is 0.334 e. The Hall–Kier alpha value is -13.1.